The quantitative estimate of drug-likeness (QED) is 0.657. The molecule has 2 amide bonds. The number of piperidine rings is 1. The van der Waals surface area contributed by atoms with Crippen molar-refractivity contribution in [3.63, 3.8) is 0 Å². The monoisotopic (exact) mass is 330 g/mol. The molecule has 0 bridgehead atoms. The highest BCUT2D eigenvalue weighted by molar-refractivity contribution is 5.90. The van der Waals surface area contributed by atoms with Crippen molar-refractivity contribution in [2.45, 2.75) is 33.1 Å². The van der Waals surface area contributed by atoms with Gasteiger partial charge in [0.1, 0.15) is 0 Å². The van der Waals surface area contributed by atoms with Crippen LogP contribution in [0.4, 0.5) is 10.5 Å². The summed E-state index contributed by atoms with van der Waals surface area (Å²) >= 11 is 0. The molecule has 1 aliphatic rings. The average molecular weight is 330 g/mol. The smallest absolute Gasteiger partial charge is 0.330 e. The molecule has 24 heavy (non-hydrogen) atoms. The standard InChI is InChI=1S/C19H26N2O3/c1-3-15-6-5-13-21(14-15)19(23)20-17-10-7-16(8-11-17)9-12-18(22)24-4-2/h7-12,15H,3-6,13-14H2,1-2H3,(H,20,23)/b12-9+/t15-/m1/s1. The summed E-state index contributed by atoms with van der Waals surface area (Å²) in [6.07, 6.45) is 6.49. The van der Waals surface area contributed by atoms with E-state index >= 15 is 0 Å². The van der Waals surface area contributed by atoms with Gasteiger partial charge in [0.25, 0.3) is 0 Å². The zero-order chi connectivity index (χ0) is 17.4. The summed E-state index contributed by atoms with van der Waals surface area (Å²) in [5.41, 5.74) is 1.64. The molecule has 1 aromatic carbocycles. The van der Waals surface area contributed by atoms with Gasteiger partial charge in [-0.25, -0.2) is 9.59 Å². The van der Waals surface area contributed by atoms with Crippen LogP contribution in [0.5, 0.6) is 0 Å². The van der Waals surface area contributed by atoms with Gasteiger partial charge in [0.05, 0.1) is 6.61 Å². The number of hydrogen-bond donors (Lipinski definition) is 1. The maximum Gasteiger partial charge on any atom is 0.330 e. The minimum atomic E-state index is -0.356. The summed E-state index contributed by atoms with van der Waals surface area (Å²) in [7, 11) is 0. The number of esters is 1. The fourth-order valence-electron chi connectivity index (χ4n) is 2.82. The van der Waals surface area contributed by atoms with E-state index in [0.29, 0.717) is 12.5 Å². The van der Waals surface area contributed by atoms with Gasteiger partial charge in [0.2, 0.25) is 0 Å². The van der Waals surface area contributed by atoms with Gasteiger partial charge in [0, 0.05) is 24.9 Å². The zero-order valence-electron chi connectivity index (χ0n) is 14.5. The van der Waals surface area contributed by atoms with Gasteiger partial charge >= 0.3 is 12.0 Å². The highest BCUT2D eigenvalue weighted by atomic mass is 16.5. The third-order valence-corrected chi connectivity index (χ3v) is 4.24. The Labute approximate surface area is 143 Å². The number of hydrogen-bond acceptors (Lipinski definition) is 3. The molecule has 0 aliphatic carbocycles. The molecule has 5 nitrogen and oxygen atoms in total. The number of urea groups is 1. The van der Waals surface area contributed by atoms with Crippen LogP contribution in [0.15, 0.2) is 30.3 Å². The van der Waals surface area contributed by atoms with Crippen LogP contribution in [-0.2, 0) is 9.53 Å². The first-order chi connectivity index (χ1) is 11.6. The molecule has 1 heterocycles. The molecule has 1 saturated heterocycles. The second-order valence-corrected chi connectivity index (χ2v) is 6.00. The van der Waals surface area contributed by atoms with Crippen molar-refractivity contribution < 1.29 is 14.3 Å². The molecule has 5 heteroatoms. The summed E-state index contributed by atoms with van der Waals surface area (Å²) < 4.78 is 4.84. The van der Waals surface area contributed by atoms with Crippen molar-refractivity contribution in [2.24, 2.45) is 5.92 Å². The number of nitrogens with zero attached hydrogens (tertiary/aromatic N) is 1. The Morgan fingerprint density at radius 2 is 2.04 bits per heavy atom. The zero-order valence-corrected chi connectivity index (χ0v) is 14.5. The van der Waals surface area contributed by atoms with Crippen LogP contribution >= 0.6 is 0 Å². The molecule has 1 aromatic rings. The Morgan fingerprint density at radius 1 is 1.29 bits per heavy atom. The largest absolute Gasteiger partial charge is 0.463 e. The molecule has 1 atom stereocenters. The number of ether oxygens (including phenoxy) is 1. The van der Waals surface area contributed by atoms with Crippen LogP contribution in [-0.4, -0.2) is 36.6 Å². The van der Waals surface area contributed by atoms with Crippen molar-refractivity contribution in [2.75, 3.05) is 25.0 Å². The molecule has 2 rings (SSSR count). The lowest BCUT2D eigenvalue weighted by Gasteiger charge is -2.32. The van der Waals surface area contributed by atoms with Crippen LogP contribution < -0.4 is 5.32 Å². The van der Waals surface area contributed by atoms with Crippen LogP contribution in [0.25, 0.3) is 6.08 Å². The summed E-state index contributed by atoms with van der Waals surface area (Å²) in [4.78, 5) is 25.5. The van der Waals surface area contributed by atoms with Crippen LogP contribution in [0, 0.1) is 5.92 Å². The molecule has 1 N–H and O–H groups in total. The number of amides is 2. The number of nitrogens with one attached hydrogen (secondary N) is 1. The highest BCUT2D eigenvalue weighted by Crippen LogP contribution is 2.20. The van der Waals surface area contributed by atoms with Gasteiger partial charge in [-0.1, -0.05) is 25.5 Å². The molecule has 0 saturated carbocycles. The van der Waals surface area contributed by atoms with Gasteiger partial charge in [-0.3, -0.25) is 0 Å². The third kappa shape index (κ3) is 5.41. The molecule has 0 radical (unpaired) electrons. The van der Waals surface area contributed by atoms with Crippen molar-refractivity contribution in [1.82, 2.24) is 4.90 Å². The van der Waals surface area contributed by atoms with E-state index in [0.717, 1.165) is 37.2 Å². The predicted molar refractivity (Wildman–Crippen MR) is 95.7 cm³/mol. The lowest BCUT2D eigenvalue weighted by atomic mass is 9.96. The number of benzene rings is 1. The molecule has 1 aliphatic heterocycles. The number of anilines is 1. The number of carbonyl (C=O) groups excluding carboxylic acids is 2. The highest BCUT2D eigenvalue weighted by Gasteiger charge is 2.22. The average Bonchev–Trinajstić information content (AvgIpc) is 2.61. The Morgan fingerprint density at radius 3 is 2.71 bits per heavy atom. The van der Waals surface area contributed by atoms with Gasteiger partial charge in [-0.2, -0.15) is 0 Å². The lowest BCUT2D eigenvalue weighted by molar-refractivity contribution is -0.137. The fraction of sp³-hybridized carbons (Fsp3) is 0.474. The Balaban J connectivity index is 1.89. The molecule has 0 unspecified atom stereocenters. The maximum absolute atomic E-state index is 12.3. The first-order valence-electron chi connectivity index (χ1n) is 8.63. The Kier molecular flexibility index (Phi) is 6.85. The SMILES string of the molecule is CCOC(=O)/C=C/c1ccc(NC(=O)N2CCC[C@@H](CC)C2)cc1. The minimum Gasteiger partial charge on any atom is -0.463 e. The van der Waals surface area contributed by atoms with Gasteiger partial charge in [-0.15, -0.1) is 0 Å². The third-order valence-electron chi connectivity index (χ3n) is 4.24. The minimum absolute atomic E-state index is 0.0389. The second-order valence-electron chi connectivity index (χ2n) is 6.00. The van der Waals surface area contributed by atoms with E-state index < -0.39 is 0 Å². The van der Waals surface area contributed by atoms with Gasteiger partial charge in [0.15, 0.2) is 0 Å². The Bertz CT molecular complexity index is 581. The molecule has 1 fully saturated rings. The van der Waals surface area contributed by atoms with Crippen LogP contribution in [0.1, 0.15) is 38.7 Å². The van der Waals surface area contributed by atoms with E-state index in [2.05, 4.69) is 12.2 Å². The van der Waals surface area contributed by atoms with E-state index in [1.165, 1.54) is 12.5 Å². The topological polar surface area (TPSA) is 58.6 Å². The summed E-state index contributed by atoms with van der Waals surface area (Å²) in [6.45, 7) is 5.97. The summed E-state index contributed by atoms with van der Waals surface area (Å²) in [6, 6.07) is 7.35. The Hall–Kier alpha value is -2.30. The normalized spacial score (nSPS) is 17.8. The number of rotatable bonds is 5. The van der Waals surface area contributed by atoms with Crippen molar-refractivity contribution in [3.8, 4) is 0 Å². The molecular weight excluding hydrogens is 304 g/mol. The predicted octanol–water partition coefficient (Wildman–Crippen LogP) is 3.92. The fourth-order valence-corrected chi connectivity index (χ4v) is 2.82. The maximum atomic E-state index is 12.3. The van der Waals surface area contributed by atoms with Crippen molar-refractivity contribution >= 4 is 23.8 Å². The van der Waals surface area contributed by atoms with E-state index in [4.69, 9.17) is 4.74 Å². The van der Waals surface area contributed by atoms with Crippen LogP contribution in [0.3, 0.4) is 0 Å². The van der Waals surface area contributed by atoms with Crippen molar-refractivity contribution in [3.05, 3.63) is 35.9 Å². The molecular formula is C19H26N2O3. The van der Waals surface area contributed by atoms with Gasteiger partial charge in [-0.05, 0) is 49.5 Å². The summed E-state index contributed by atoms with van der Waals surface area (Å²) in [5.74, 6) is 0.255. The number of carbonyl (C=O) groups is 2. The molecule has 130 valence electrons. The van der Waals surface area contributed by atoms with E-state index in [1.54, 1.807) is 13.0 Å². The molecule has 0 aromatic heterocycles. The lowest BCUT2D eigenvalue weighted by Crippen LogP contribution is -2.42. The first kappa shape index (κ1) is 18.0. The van der Waals surface area contributed by atoms with E-state index in [-0.39, 0.29) is 12.0 Å². The second kappa shape index (κ2) is 9.11. The van der Waals surface area contributed by atoms with E-state index in [1.807, 2.05) is 29.2 Å². The first-order valence-corrected chi connectivity index (χ1v) is 8.63. The van der Waals surface area contributed by atoms with Gasteiger partial charge < -0.3 is 15.0 Å². The summed E-state index contributed by atoms with van der Waals surface area (Å²) in [5, 5.41) is 2.94. The van der Waals surface area contributed by atoms with Crippen LogP contribution in [0.2, 0.25) is 0 Å². The van der Waals surface area contributed by atoms with E-state index in [9.17, 15) is 9.59 Å². The number of likely N-dealkylation sites (tertiary alicyclic amines) is 1. The molecule has 0 spiro atoms. The van der Waals surface area contributed by atoms with Crippen molar-refractivity contribution in [1.29, 1.82) is 0 Å².